The van der Waals surface area contributed by atoms with Crippen molar-refractivity contribution in [1.29, 1.82) is 0 Å². The van der Waals surface area contributed by atoms with E-state index in [1.165, 1.54) is 22.3 Å². The van der Waals surface area contributed by atoms with Crippen LogP contribution in [0.3, 0.4) is 0 Å². The van der Waals surface area contributed by atoms with E-state index in [-0.39, 0.29) is 10.9 Å². The van der Waals surface area contributed by atoms with E-state index in [0.29, 0.717) is 0 Å². The number of hydrogen-bond acceptors (Lipinski definition) is 1. The van der Waals surface area contributed by atoms with E-state index in [1.807, 2.05) is 10.9 Å². The molecule has 0 saturated carbocycles. The normalized spacial score (nSPS) is 18.4. The van der Waals surface area contributed by atoms with E-state index in [0.717, 1.165) is 29.3 Å². The van der Waals surface area contributed by atoms with Crippen LogP contribution in [-0.2, 0) is 12.3 Å². The summed E-state index contributed by atoms with van der Waals surface area (Å²) in [5.41, 5.74) is 6.52. The standard InChI is InChI=1S/C19H23ClN2S/c1-14-10-21-22(11-14)6-4-17-5-7-23(12-17)13-18-9-19(20)16(3)8-15(18)2/h5,7-12,23H,4,6,13H2,1-3H3. The fourth-order valence-electron chi connectivity index (χ4n) is 2.80. The highest BCUT2D eigenvalue weighted by Gasteiger charge is 2.10. The third-order valence-electron chi connectivity index (χ3n) is 4.17. The summed E-state index contributed by atoms with van der Waals surface area (Å²) >= 11 is 6.28. The van der Waals surface area contributed by atoms with Crippen molar-refractivity contribution in [3.63, 3.8) is 0 Å². The maximum atomic E-state index is 6.28. The lowest BCUT2D eigenvalue weighted by molar-refractivity contribution is 0.616. The van der Waals surface area contributed by atoms with Crippen LogP contribution in [0.2, 0.25) is 5.02 Å². The highest BCUT2D eigenvalue weighted by Crippen LogP contribution is 2.41. The van der Waals surface area contributed by atoms with Gasteiger partial charge < -0.3 is 0 Å². The molecule has 0 N–H and O–H groups in total. The van der Waals surface area contributed by atoms with Gasteiger partial charge in [0.1, 0.15) is 0 Å². The number of allylic oxidation sites excluding steroid dienone is 2. The fraction of sp³-hybridized carbons (Fsp3) is 0.316. The Morgan fingerprint density at radius 3 is 2.74 bits per heavy atom. The minimum absolute atomic E-state index is 0.205. The molecule has 1 atom stereocenters. The molecule has 4 heteroatoms. The number of hydrogen-bond donors (Lipinski definition) is 1. The molecule has 0 amide bonds. The van der Waals surface area contributed by atoms with Crippen LogP contribution in [0.4, 0.5) is 0 Å². The first kappa shape index (κ1) is 16.4. The van der Waals surface area contributed by atoms with Gasteiger partial charge in [-0.2, -0.15) is 5.10 Å². The fourth-order valence-corrected chi connectivity index (χ4v) is 5.03. The van der Waals surface area contributed by atoms with Crippen LogP contribution in [0.15, 0.2) is 47.0 Å². The zero-order valence-corrected chi connectivity index (χ0v) is 15.5. The Balaban J connectivity index is 1.62. The Morgan fingerprint density at radius 1 is 1.17 bits per heavy atom. The zero-order chi connectivity index (χ0) is 16.4. The second-order valence-electron chi connectivity index (χ2n) is 6.25. The molecule has 0 bridgehead atoms. The third-order valence-corrected chi connectivity index (χ3v) is 6.48. The summed E-state index contributed by atoms with van der Waals surface area (Å²) in [5, 5.41) is 10.0. The molecule has 23 heavy (non-hydrogen) atoms. The van der Waals surface area contributed by atoms with E-state index in [9.17, 15) is 0 Å². The molecule has 0 saturated heterocycles. The third kappa shape index (κ3) is 4.10. The van der Waals surface area contributed by atoms with Crippen LogP contribution in [0.25, 0.3) is 0 Å². The molecular formula is C19H23ClN2S. The van der Waals surface area contributed by atoms with Crippen LogP contribution >= 0.6 is 22.5 Å². The number of aromatic nitrogens is 2. The largest absolute Gasteiger partial charge is 0.272 e. The molecule has 2 aromatic rings. The van der Waals surface area contributed by atoms with Gasteiger partial charge in [-0.25, -0.2) is 10.9 Å². The molecule has 0 radical (unpaired) electrons. The Hall–Kier alpha value is -1.45. The number of rotatable bonds is 5. The molecule has 1 aromatic heterocycles. The smallest absolute Gasteiger partial charge is 0.0518 e. The lowest BCUT2D eigenvalue weighted by Crippen LogP contribution is -1.98. The first-order valence-corrected chi connectivity index (χ1v) is 9.95. The van der Waals surface area contributed by atoms with Crippen molar-refractivity contribution < 1.29 is 0 Å². The van der Waals surface area contributed by atoms with Crippen LogP contribution in [0.1, 0.15) is 28.7 Å². The minimum Gasteiger partial charge on any atom is -0.272 e. The zero-order valence-electron chi connectivity index (χ0n) is 13.9. The number of benzene rings is 1. The maximum Gasteiger partial charge on any atom is 0.0518 e. The monoisotopic (exact) mass is 346 g/mol. The van der Waals surface area contributed by atoms with Gasteiger partial charge in [0.25, 0.3) is 0 Å². The summed E-state index contributed by atoms with van der Waals surface area (Å²) in [6.45, 7) is 7.27. The summed E-state index contributed by atoms with van der Waals surface area (Å²) in [5.74, 6) is 1.09. The molecule has 1 aromatic carbocycles. The summed E-state index contributed by atoms with van der Waals surface area (Å²) in [6.07, 6.45) is 7.34. The Morgan fingerprint density at radius 2 is 2.00 bits per heavy atom. The quantitative estimate of drug-likeness (QED) is 0.711. The van der Waals surface area contributed by atoms with Gasteiger partial charge in [-0.15, -0.1) is 0 Å². The van der Waals surface area contributed by atoms with E-state index in [4.69, 9.17) is 11.6 Å². The van der Waals surface area contributed by atoms with E-state index < -0.39 is 0 Å². The molecule has 2 heterocycles. The van der Waals surface area contributed by atoms with Gasteiger partial charge in [-0.1, -0.05) is 23.7 Å². The molecular weight excluding hydrogens is 324 g/mol. The van der Waals surface area contributed by atoms with Gasteiger partial charge in [0.05, 0.1) is 6.20 Å². The molecule has 3 rings (SSSR count). The lowest BCUT2D eigenvalue weighted by Gasteiger charge is -2.14. The number of thiol groups is 1. The van der Waals surface area contributed by atoms with Crippen molar-refractivity contribution >= 4 is 22.5 Å². The SMILES string of the molecule is Cc1cnn(CCC2=C[SH](Cc3cc(Cl)c(C)cc3C)C=C2)c1. The average molecular weight is 347 g/mol. The number of nitrogens with zero attached hydrogens (tertiary/aromatic N) is 2. The van der Waals surface area contributed by atoms with Crippen molar-refractivity contribution in [3.8, 4) is 0 Å². The average Bonchev–Trinajstić information content (AvgIpc) is 3.11. The first-order chi connectivity index (χ1) is 11.0. The molecule has 0 spiro atoms. The highest BCUT2D eigenvalue weighted by molar-refractivity contribution is 8.21. The van der Waals surface area contributed by atoms with Gasteiger partial charge in [0.15, 0.2) is 0 Å². The summed E-state index contributed by atoms with van der Waals surface area (Å²) in [4.78, 5) is 0. The van der Waals surface area contributed by atoms with Crippen molar-refractivity contribution in [2.45, 2.75) is 39.5 Å². The molecule has 1 unspecified atom stereocenters. The summed E-state index contributed by atoms with van der Waals surface area (Å²) < 4.78 is 2.02. The second kappa shape index (κ2) is 6.98. The maximum absolute atomic E-state index is 6.28. The van der Waals surface area contributed by atoms with E-state index >= 15 is 0 Å². The molecule has 0 aliphatic carbocycles. The van der Waals surface area contributed by atoms with Crippen LogP contribution in [0.5, 0.6) is 0 Å². The topological polar surface area (TPSA) is 17.8 Å². The van der Waals surface area contributed by atoms with Crippen molar-refractivity contribution in [3.05, 3.63) is 74.3 Å². The molecule has 2 nitrogen and oxygen atoms in total. The second-order valence-corrected chi connectivity index (χ2v) is 8.56. The van der Waals surface area contributed by atoms with Crippen LogP contribution in [-0.4, -0.2) is 9.78 Å². The van der Waals surface area contributed by atoms with Gasteiger partial charge in [0, 0.05) is 23.5 Å². The Kier molecular flexibility index (Phi) is 4.98. The van der Waals surface area contributed by atoms with Crippen molar-refractivity contribution in [2.75, 3.05) is 0 Å². The summed E-state index contributed by atoms with van der Waals surface area (Å²) in [7, 11) is -0.205. The van der Waals surface area contributed by atoms with Crippen molar-refractivity contribution in [2.24, 2.45) is 0 Å². The predicted molar refractivity (Wildman–Crippen MR) is 102 cm³/mol. The van der Waals surface area contributed by atoms with Crippen molar-refractivity contribution in [1.82, 2.24) is 9.78 Å². The van der Waals surface area contributed by atoms with Crippen LogP contribution in [0, 0.1) is 20.8 Å². The first-order valence-electron chi connectivity index (χ1n) is 7.90. The van der Waals surface area contributed by atoms with Gasteiger partial charge >= 0.3 is 0 Å². The number of aryl methyl sites for hydroxylation is 4. The van der Waals surface area contributed by atoms with Crippen LogP contribution < -0.4 is 0 Å². The molecule has 0 fully saturated rings. The highest BCUT2D eigenvalue weighted by atomic mass is 35.5. The Bertz CT molecular complexity index is 774. The molecule has 1 aliphatic heterocycles. The summed E-state index contributed by atoms with van der Waals surface area (Å²) in [6, 6.07) is 4.33. The Labute approximate surface area is 146 Å². The lowest BCUT2D eigenvalue weighted by atomic mass is 10.1. The van der Waals surface area contributed by atoms with Gasteiger partial charge in [0.2, 0.25) is 0 Å². The number of halogens is 1. The van der Waals surface area contributed by atoms with Gasteiger partial charge in [-0.3, -0.25) is 4.68 Å². The molecule has 122 valence electrons. The predicted octanol–water partition coefficient (Wildman–Crippen LogP) is 5.46. The van der Waals surface area contributed by atoms with E-state index in [1.54, 1.807) is 0 Å². The molecule has 1 aliphatic rings. The van der Waals surface area contributed by atoms with Gasteiger partial charge in [-0.05, 0) is 71.9 Å². The van der Waals surface area contributed by atoms with E-state index in [2.05, 4.69) is 61.1 Å². The minimum atomic E-state index is -0.205.